The molecule has 1 unspecified atom stereocenters. The molecule has 0 bridgehead atoms. The van der Waals surface area contributed by atoms with Crippen molar-refractivity contribution in [3.63, 3.8) is 0 Å². The molecule has 3 rings (SSSR count). The van der Waals surface area contributed by atoms with E-state index in [1.165, 1.54) is 4.88 Å². The van der Waals surface area contributed by atoms with Crippen molar-refractivity contribution in [2.75, 3.05) is 6.54 Å². The van der Waals surface area contributed by atoms with Crippen LogP contribution in [0, 0.1) is 0 Å². The van der Waals surface area contributed by atoms with E-state index in [4.69, 9.17) is 0 Å². The Labute approximate surface area is 138 Å². The molecule has 3 aromatic rings. The third kappa shape index (κ3) is 3.30. The summed E-state index contributed by atoms with van der Waals surface area (Å²) in [5.74, 6) is 0. The van der Waals surface area contributed by atoms with Gasteiger partial charge in [-0.3, -0.25) is 4.68 Å². The van der Waals surface area contributed by atoms with Crippen LogP contribution in [0.5, 0.6) is 0 Å². The van der Waals surface area contributed by atoms with Crippen LogP contribution in [0.3, 0.4) is 0 Å². The zero-order chi connectivity index (χ0) is 15.6. The van der Waals surface area contributed by atoms with Gasteiger partial charge in [-0.1, -0.05) is 6.07 Å². The van der Waals surface area contributed by atoms with Crippen LogP contribution < -0.4 is 5.32 Å². The van der Waals surface area contributed by atoms with Crippen molar-refractivity contribution in [2.24, 2.45) is 7.05 Å². The van der Waals surface area contributed by atoms with Crippen LogP contribution in [0.15, 0.2) is 40.5 Å². The molecule has 1 atom stereocenters. The Kier molecular flexibility index (Phi) is 4.44. The van der Waals surface area contributed by atoms with E-state index >= 15 is 0 Å². The molecule has 3 heterocycles. The molecular weight excluding hydrogens is 314 g/mol. The maximum atomic E-state index is 10.5. The fraction of sp³-hybridized carbons (Fsp3) is 0.312. The van der Waals surface area contributed by atoms with Gasteiger partial charge in [0.15, 0.2) is 0 Å². The molecule has 4 nitrogen and oxygen atoms in total. The number of nitrogens with zero attached hydrogens (tertiary/aromatic N) is 2. The highest BCUT2D eigenvalue weighted by molar-refractivity contribution is 7.13. The Morgan fingerprint density at radius 3 is 2.91 bits per heavy atom. The minimum Gasteiger partial charge on any atom is -0.384 e. The number of hydrogen-bond donors (Lipinski definition) is 2. The number of thiophene rings is 2. The summed E-state index contributed by atoms with van der Waals surface area (Å²) in [5, 5.41) is 24.5. The maximum absolute atomic E-state index is 10.5. The first kappa shape index (κ1) is 15.4. The third-order valence-electron chi connectivity index (χ3n) is 3.59. The SMILES string of the molecule is Cn1cc(CNCC(C)(O)c2ccsc2)c(-c2cccs2)n1. The molecule has 0 aromatic carbocycles. The second-order valence-corrected chi connectivity index (χ2v) is 7.27. The molecule has 0 radical (unpaired) electrons. The lowest BCUT2D eigenvalue weighted by atomic mass is 9.99. The van der Waals surface area contributed by atoms with Crippen LogP contribution in [0.4, 0.5) is 0 Å². The zero-order valence-corrected chi connectivity index (χ0v) is 14.2. The predicted octanol–water partition coefficient (Wildman–Crippen LogP) is 3.21. The first-order valence-corrected chi connectivity index (χ1v) is 8.91. The summed E-state index contributed by atoms with van der Waals surface area (Å²) >= 11 is 3.29. The molecule has 6 heteroatoms. The van der Waals surface area contributed by atoms with E-state index in [0.29, 0.717) is 13.1 Å². The molecule has 22 heavy (non-hydrogen) atoms. The summed E-state index contributed by atoms with van der Waals surface area (Å²) in [4.78, 5) is 1.17. The maximum Gasteiger partial charge on any atom is 0.107 e. The zero-order valence-electron chi connectivity index (χ0n) is 12.6. The molecule has 0 amide bonds. The van der Waals surface area contributed by atoms with E-state index in [1.54, 1.807) is 22.7 Å². The highest BCUT2D eigenvalue weighted by Crippen LogP contribution is 2.27. The molecule has 0 saturated heterocycles. The molecule has 0 fully saturated rings. The van der Waals surface area contributed by atoms with Crippen LogP contribution in [-0.4, -0.2) is 21.4 Å². The molecule has 116 valence electrons. The van der Waals surface area contributed by atoms with Gasteiger partial charge in [0.1, 0.15) is 5.69 Å². The van der Waals surface area contributed by atoms with Crippen molar-refractivity contribution in [3.05, 3.63) is 51.7 Å². The van der Waals surface area contributed by atoms with Crippen molar-refractivity contribution < 1.29 is 5.11 Å². The van der Waals surface area contributed by atoms with Gasteiger partial charge in [-0.2, -0.15) is 16.4 Å². The van der Waals surface area contributed by atoms with Gasteiger partial charge in [0.2, 0.25) is 0 Å². The molecule has 0 saturated carbocycles. The van der Waals surface area contributed by atoms with E-state index in [0.717, 1.165) is 16.8 Å². The van der Waals surface area contributed by atoms with Gasteiger partial charge in [-0.25, -0.2) is 0 Å². The number of aromatic nitrogens is 2. The van der Waals surface area contributed by atoms with Crippen molar-refractivity contribution in [3.8, 4) is 10.6 Å². The summed E-state index contributed by atoms with van der Waals surface area (Å²) in [7, 11) is 1.93. The lowest BCUT2D eigenvalue weighted by Crippen LogP contribution is -2.34. The quantitative estimate of drug-likeness (QED) is 0.728. The summed E-state index contributed by atoms with van der Waals surface area (Å²) in [6.07, 6.45) is 2.03. The molecule has 0 aliphatic heterocycles. The Balaban J connectivity index is 1.68. The van der Waals surface area contributed by atoms with E-state index < -0.39 is 5.60 Å². The Hall–Kier alpha value is -1.47. The van der Waals surface area contributed by atoms with Gasteiger partial charge in [-0.05, 0) is 40.8 Å². The van der Waals surface area contributed by atoms with Gasteiger partial charge < -0.3 is 10.4 Å². The number of aliphatic hydroxyl groups is 1. The standard InChI is InChI=1S/C16H19N3OS2/c1-16(20,13-5-7-21-10-13)11-17-8-12-9-19(2)18-15(12)14-4-3-6-22-14/h3-7,9-10,17,20H,8,11H2,1-2H3. The largest absolute Gasteiger partial charge is 0.384 e. The second kappa shape index (κ2) is 6.34. The van der Waals surface area contributed by atoms with E-state index in [-0.39, 0.29) is 0 Å². The number of aryl methyl sites for hydroxylation is 1. The predicted molar refractivity (Wildman–Crippen MR) is 92.1 cm³/mol. The van der Waals surface area contributed by atoms with Crippen molar-refractivity contribution in [1.29, 1.82) is 0 Å². The highest BCUT2D eigenvalue weighted by Gasteiger charge is 2.23. The monoisotopic (exact) mass is 333 g/mol. The van der Waals surface area contributed by atoms with Crippen molar-refractivity contribution in [2.45, 2.75) is 19.1 Å². The first-order chi connectivity index (χ1) is 10.6. The van der Waals surface area contributed by atoms with Crippen LogP contribution in [0.25, 0.3) is 10.6 Å². The van der Waals surface area contributed by atoms with E-state index in [2.05, 4.69) is 21.9 Å². The van der Waals surface area contributed by atoms with Crippen molar-refractivity contribution >= 4 is 22.7 Å². The summed E-state index contributed by atoms with van der Waals surface area (Å²) in [5.41, 5.74) is 2.26. The van der Waals surface area contributed by atoms with Crippen LogP contribution >= 0.6 is 22.7 Å². The fourth-order valence-corrected chi connectivity index (χ4v) is 3.93. The minimum atomic E-state index is -0.856. The van der Waals surface area contributed by atoms with Crippen LogP contribution in [0.1, 0.15) is 18.1 Å². The normalized spacial score (nSPS) is 14.1. The lowest BCUT2D eigenvalue weighted by molar-refractivity contribution is 0.0571. The highest BCUT2D eigenvalue weighted by atomic mass is 32.1. The van der Waals surface area contributed by atoms with Gasteiger partial charge >= 0.3 is 0 Å². The van der Waals surface area contributed by atoms with Gasteiger partial charge in [0.05, 0.1) is 10.5 Å². The third-order valence-corrected chi connectivity index (χ3v) is 5.15. The fourth-order valence-electron chi connectivity index (χ4n) is 2.40. The molecule has 0 aliphatic carbocycles. The minimum absolute atomic E-state index is 0.502. The number of rotatable bonds is 6. The smallest absolute Gasteiger partial charge is 0.107 e. The summed E-state index contributed by atoms with van der Waals surface area (Å²) in [6, 6.07) is 6.08. The Bertz CT molecular complexity index is 715. The number of nitrogens with one attached hydrogen (secondary N) is 1. The second-order valence-electron chi connectivity index (χ2n) is 5.54. The van der Waals surface area contributed by atoms with Gasteiger partial charge in [0.25, 0.3) is 0 Å². The van der Waals surface area contributed by atoms with Gasteiger partial charge in [0, 0.05) is 31.9 Å². The van der Waals surface area contributed by atoms with Crippen LogP contribution in [-0.2, 0) is 19.2 Å². The van der Waals surface area contributed by atoms with Crippen LogP contribution in [0.2, 0.25) is 0 Å². The van der Waals surface area contributed by atoms with Crippen molar-refractivity contribution in [1.82, 2.24) is 15.1 Å². The Morgan fingerprint density at radius 2 is 2.23 bits per heavy atom. The number of hydrogen-bond acceptors (Lipinski definition) is 5. The molecule has 0 spiro atoms. The Morgan fingerprint density at radius 1 is 1.36 bits per heavy atom. The average Bonchev–Trinajstić information content (AvgIpc) is 3.20. The topological polar surface area (TPSA) is 50.1 Å². The van der Waals surface area contributed by atoms with E-state index in [9.17, 15) is 5.11 Å². The lowest BCUT2D eigenvalue weighted by Gasteiger charge is -2.22. The summed E-state index contributed by atoms with van der Waals surface area (Å²) in [6.45, 7) is 3.02. The molecular formula is C16H19N3OS2. The average molecular weight is 333 g/mol. The molecule has 0 aliphatic rings. The van der Waals surface area contributed by atoms with E-state index in [1.807, 2.05) is 47.7 Å². The van der Waals surface area contributed by atoms with Gasteiger partial charge in [-0.15, -0.1) is 11.3 Å². The first-order valence-electron chi connectivity index (χ1n) is 7.08. The molecule has 3 aromatic heterocycles. The summed E-state index contributed by atoms with van der Waals surface area (Å²) < 4.78 is 1.84. The molecule has 2 N–H and O–H groups in total.